The van der Waals surface area contributed by atoms with Crippen molar-refractivity contribution in [2.75, 3.05) is 0 Å². The average Bonchev–Trinajstić information content (AvgIpc) is 1.60. The van der Waals surface area contributed by atoms with Crippen LogP contribution in [0.3, 0.4) is 0 Å². The molecule has 8 heteroatoms. The Kier molecular flexibility index (Phi) is 13.8. The zero-order valence-corrected chi connectivity index (χ0v) is 54.8. The lowest BCUT2D eigenvalue weighted by Gasteiger charge is -2.34. The summed E-state index contributed by atoms with van der Waals surface area (Å²) in [4.78, 5) is 11.5. The summed E-state index contributed by atoms with van der Waals surface area (Å²) in [5.41, 5.74) is 11.9. The van der Waals surface area contributed by atoms with Crippen molar-refractivity contribution in [3.05, 3.63) is 370 Å². The molecule has 0 aliphatic carbocycles. The molecule has 18 rings (SSSR count). The highest BCUT2D eigenvalue weighted by Crippen LogP contribution is 2.43. The number of aromatic nitrogens is 5. The lowest BCUT2D eigenvalue weighted by molar-refractivity contribution is 0.953. The standard InChI is InChI=1S/C89H60N6Si2/c90-61-62-49-55-84-79(57-62)76-44-20-22-46-81(76)94(84)89-91-80(64-50-52-72(53-51-64)97(70-37-15-5-16-38-70,71-39-17-6-18-40-71)73-41-25-29-65(58-73)63-27-7-1-8-28-63)60-86(92-89)95-82-47-23-19-43-75(82)77-54-56-85-87(88(77)95)78-45-21-24-48-83(78)93(85)66-30-26-42-74(59-66)96(67-31-9-2-10-32-67,68-33-11-3-12-34-68)69-35-13-4-14-36-69/h1-60H. The van der Waals surface area contributed by atoms with E-state index in [1.807, 2.05) is 18.2 Å². The topological polar surface area (TPSA) is 64.4 Å². The van der Waals surface area contributed by atoms with Gasteiger partial charge >= 0.3 is 0 Å². The first kappa shape index (κ1) is 57.2. The minimum absolute atomic E-state index is 0.516. The van der Waals surface area contributed by atoms with Gasteiger partial charge in [-0.15, -0.1) is 0 Å². The van der Waals surface area contributed by atoms with Gasteiger partial charge in [0.15, 0.2) is 16.1 Å². The first-order valence-corrected chi connectivity index (χ1v) is 37.0. The Morgan fingerprint density at radius 1 is 0.268 bits per heavy atom. The molecule has 0 aliphatic heterocycles. The van der Waals surface area contributed by atoms with E-state index in [2.05, 4.69) is 366 Å². The summed E-state index contributed by atoms with van der Waals surface area (Å²) in [5, 5.41) is 27.2. The summed E-state index contributed by atoms with van der Waals surface area (Å²) in [7, 11) is -5.94. The molecule has 0 fully saturated rings. The molecule has 18 aromatic rings. The van der Waals surface area contributed by atoms with E-state index in [-0.39, 0.29) is 0 Å². The molecule has 0 bridgehead atoms. The van der Waals surface area contributed by atoms with Crippen LogP contribution in [0.15, 0.2) is 364 Å². The fourth-order valence-corrected chi connectivity index (χ4v) is 25.4. The summed E-state index contributed by atoms with van der Waals surface area (Å²) in [6, 6.07) is 136. The molecule has 0 saturated heterocycles. The Labute approximate surface area is 563 Å². The maximum Gasteiger partial charge on any atom is 0.237 e. The normalized spacial score (nSPS) is 11.9. The van der Waals surface area contributed by atoms with Crippen LogP contribution in [0.2, 0.25) is 0 Å². The SMILES string of the molecule is N#Cc1ccc2c(c1)c1ccccc1n2-c1nc(-c2ccc([Si](c3ccccc3)(c3ccccc3)c3cccc(-c4ccccc4)c3)cc2)cc(-n2c3ccccc3c3ccc4c(c5ccccc5n4-c4cccc([Si](c5ccccc5)(c5ccccc5)c5ccccc5)c4)c32)n1. The average molecular weight is 1270 g/mol. The van der Waals surface area contributed by atoms with E-state index in [0.717, 1.165) is 88.2 Å². The molecule has 0 radical (unpaired) electrons. The van der Waals surface area contributed by atoms with Crippen LogP contribution >= 0.6 is 0 Å². The summed E-state index contributed by atoms with van der Waals surface area (Å²) in [5.74, 6) is 1.24. The summed E-state index contributed by atoms with van der Waals surface area (Å²) < 4.78 is 7.06. The number of hydrogen-bond donors (Lipinski definition) is 0. The van der Waals surface area contributed by atoms with Crippen LogP contribution < -0.4 is 41.5 Å². The number of nitriles is 1. The Balaban J connectivity index is 0.890. The van der Waals surface area contributed by atoms with E-state index in [1.165, 1.54) is 52.6 Å². The molecular formula is C89H60N6Si2. The van der Waals surface area contributed by atoms with Crippen molar-refractivity contribution in [1.82, 2.24) is 23.7 Å². The minimum atomic E-state index is -3.02. The van der Waals surface area contributed by atoms with E-state index in [4.69, 9.17) is 9.97 Å². The van der Waals surface area contributed by atoms with Gasteiger partial charge in [-0.25, -0.2) is 4.98 Å². The van der Waals surface area contributed by atoms with Crippen LogP contribution in [0.1, 0.15) is 5.56 Å². The Bertz CT molecular complexity index is 5930. The lowest BCUT2D eigenvalue weighted by Crippen LogP contribution is -2.74. The van der Waals surface area contributed by atoms with Gasteiger partial charge in [-0.05, 0) is 107 Å². The molecule has 14 aromatic carbocycles. The molecular weight excluding hydrogens is 1210 g/mol. The van der Waals surface area contributed by atoms with Crippen LogP contribution in [0, 0.1) is 11.3 Å². The fraction of sp³-hybridized carbons (Fsp3) is 0. The highest BCUT2D eigenvalue weighted by molar-refractivity contribution is 7.20. The van der Waals surface area contributed by atoms with E-state index in [9.17, 15) is 5.26 Å². The molecule has 454 valence electrons. The van der Waals surface area contributed by atoms with Gasteiger partial charge in [0.2, 0.25) is 5.95 Å². The highest BCUT2D eigenvalue weighted by atomic mass is 28.3. The number of nitrogens with zero attached hydrogens (tertiary/aromatic N) is 6. The van der Waals surface area contributed by atoms with Gasteiger partial charge in [-0.3, -0.25) is 9.13 Å². The van der Waals surface area contributed by atoms with Crippen LogP contribution in [0.5, 0.6) is 0 Å². The van der Waals surface area contributed by atoms with Crippen LogP contribution in [0.25, 0.3) is 105 Å². The zero-order chi connectivity index (χ0) is 64.4. The first-order valence-electron chi connectivity index (χ1n) is 33.0. The Hall–Kier alpha value is -12.5. The van der Waals surface area contributed by atoms with Crippen molar-refractivity contribution in [3.63, 3.8) is 0 Å². The van der Waals surface area contributed by atoms with Crippen molar-refractivity contribution in [2.24, 2.45) is 0 Å². The molecule has 4 heterocycles. The van der Waals surface area contributed by atoms with Crippen molar-refractivity contribution in [3.8, 4) is 45.9 Å². The lowest BCUT2D eigenvalue weighted by atomic mass is 10.1. The molecule has 0 N–H and O–H groups in total. The fourth-order valence-electron chi connectivity index (χ4n) is 15.8. The molecule has 97 heavy (non-hydrogen) atoms. The number of para-hydroxylation sites is 3. The molecule has 0 aliphatic rings. The number of benzene rings is 14. The minimum Gasteiger partial charge on any atom is -0.309 e. The Morgan fingerprint density at radius 3 is 1.27 bits per heavy atom. The van der Waals surface area contributed by atoms with E-state index >= 15 is 0 Å². The number of hydrogen-bond acceptors (Lipinski definition) is 3. The monoisotopic (exact) mass is 1270 g/mol. The maximum absolute atomic E-state index is 10.3. The molecule has 0 unspecified atom stereocenters. The number of fused-ring (bicyclic) bond motifs is 10. The van der Waals surface area contributed by atoms with Crippen LogP contribution in [-0.4, -0.2) is 39.8 Å². The quantitative estimate of drug-likeness (QED) is 0.0853. The third-order valence-electron chi connectivity index (χ3n) is 20.0. The van der Waals surface area contributed by atoms with E-state index < -0.39 is 16.1 Å². The summed E-state index contributed by atoms with van der Waals surface area (Å²) >= 11 is 0. The second-order valence-corrected chi connectivity index (χ2v) is 32.7. The van der Waals surface area contributed by atoms with Crippen LogP contribution in [-0.2, 0) is 0 Å². The molecule has 4 aromatic heterocycles. The van der Waals surface area contributed by atoms with E-state index in [0.29, 0.717) is 11.5 Å². The third kappa shape index (κ3) is 9.12. The largest absolute Gasteiger partial charge is 0.309 e. The molecule has 0 amide bonds. The van der Waals surface area contributed by atoms with Gasteiger partial charge in [0.25, 0.3) is 0 Å². The van der Waals surface area contributed by atoms with Gasteiger partial charge in [-0.2, -0.15) is 10.2 Å². The smallest absolute Gasteiger partial charge is 0.237 e. The predicted octanol–water partition coefficient (Wildman–Crippen LogP) is 15.7. The zero-order valence-electron chi connectivity index (χ0n) is 52.8. The number of rotatable bonds is 13. The summed E-state index contributed by atoms with van der Waals surface area (Å²) in [6.45, 7) is 0. The van der Waals surface area contributed by atoms with Crippen molar-refractivity contribution in [2.45, 2.75) is 0 Å². The van der Waals surface area contributed by atoms with E-state index in [1.54, 1.807) is 0 Å². The van der Waals surface area contributed by atoms with Gasteiger partial charge in [0.05, 0.1) is 50.4 Å². The van der Waals surface area contributed by atoms with Gasteiger partial charge in [0, 0.05) is 49.6 Å². The Morgan fingerprint density at radius 2 is 0.701 bits per heavy atom. The second-order valence-electron chi connectivity index (χ2n) is 25.1. The van der Waals surface area contributed by atoms with Gasteiger partial charge in [-0.1, -0.05) is 303 Å². The third-order valence-corrected chi connectivity index (χ3v) is 29.5. The molecule has 0 spiro atoms. The highest BCUT2D eigenvalue weighted by Gasteiger charge is 2.43. The van der Waals surface area contributed by atoms with Gasteiger partial charge in [0.1, 0.15) is 5.82 Å². The van der Waals surface area contributed by atoms with Crippen LogP contribution in [0.4, 0.5) is 0 Å². The molecule has 6 nitrogen and oxygen atoms in total. The maximum atomic E-state index is 10.3. The van der Waals surface area contributed by atoms with Gasteiger partial charge < -0.3 is 4.57 Å². The predicted molar refractivity (Wildman–Crippen MR) is 408 cm³/mol. The van der Waals surface area contributed by atoms with Crippen molar-refractivity contribution in [1.29, 1.82) is 5.26 Å². The first-order chi connectivity index (χ1) is 48.1. The van der Waals surface area contributed by atoms with Crippen molar-refractivity contribution < 1.29 is 0 Å². The van der Waals surface area contributed by atoms with Crippen molar-refractivity contribution >= 4 is 123 Å². The summed E-state index contributed by atoms with van der Waals surface area (Å²) in [6.07, 6.45) is 0. The molecule has 0 saturated carbocycles. The second kappa shape index (κ2) is 23.5. The molecule has 0 atom stereocenters.